The molecular formula is C10H17KO4. The Hall–Kier alpha value is 0.576. The first-order valence-electron chi connectivity index (χ1n) is 4.96. The number of rotatable bonds is 3. The minimum absolute atomic E-state index is 0. The molecule has 5 heteroatoms. The summed E-state index contributed by atoms with van der Waals surface area (Å²) in [6.07, 6.45) is 4.41. The average molecular weight is 240 g/mol. The summed E-state index contributed by atoms with van der Waals surface area (Å²) < 4.78 is 0. The Morgan fingerprint density at radius 1 is 1.07 bits per heavy atom. The van der Waals surface area contributed by atoms with Crippen molar-refractivity contribution in [2.45, 2.75) is 39.0 Å². The van der Waals surface area contributed by atoms with Crippen LogP contribution in [0, 0.1) is 11.3 Å². The van der Waals surface area contributed by atoms with Crippen LogP contribution in [-0.4, -0.2) is 73.5 Å². The second kappa shape index (κ2) is 6.35. The molecule has 0 saturated heterocycles. The van der Waals surface area contributed by atoms with Crippen LogP contribution in [0.4, 0.5) is 0 Å². The molecule has 0 aromatic heterocycles. The molecule has 15 heavy (non-hydrogen) atoms. The van der Waals surface area contributed by atoms with Crippen LogP contribution in [0.3, 0.4) is 0 Å². The molecule has 0 aromatic carbocycles. The summed E-state index contributed by atoms with van der Waals surface area (Å²) in [5.74, 6) is -2.64. The summed E-state index contributed by atoms with van der Waals surface area (Å²) in [5, 5.41) is 17.9. The van der Waals surface area contributed by atoms with Crippen molar-refractivity contribution in [3.05, 3.63) is 0 Å². The normalized spacial score (nSPS) is 17.9. The first-order chi connectivity index (χ1) is 6.49. The fourth-order valence-electron chi connectivity index (χ4n) is 2.12. The van der Waals surface area contributed by atoms with Crippen LogP contribution >= 0.6 is 0 Å². The van der Waals surface area contributed by atoms with Crippen molar-refractivity contribution in [1.82, 2.24) is 0 Å². The van der Waals surface area contributed by atoms with Crippen molar-refractivity contribution in [2.24, 2.45) is 11.3 Å². The van der Waals surface area contributed by atoms with E-state index in [1.165, 1.54) is 6.92 Å². The Balaban J connectivity index is 0.00000196. The molecular weight excluding hydrogens is 223 g/mol. The van der Waals surface area contributed by atoms with E-state index in [1.54, 1.807) is 0 Å². The number of hydrogen-bond acceptors (Lipinski definition) is 2. The van der Waals surface area contributed by atoms with Crippen LogP contribution in [0.1, 0.15) is 39.0 Å². The van der Waals surface area contributed by atoms with Crippen LogP contribution < -0.4 is 0 Å². The number of carbonyl (C=O) groups is 2. The third kappa shape index (κ3) is 3.26. The number of hydrogen-bond donors (Lipinski definition) is 2. The first-order valence-corrected chi connectivity index (χ1v) is 4.96. The van der Waals surface area contributed by atoms with Gasteiger partial charge in [0.25, 0.3) is 0 Å². The molecule has 1 rings (SSSR count). The maximum absolute atomic E-state index is 11.0. The van der Waals surface area contributed by atoms with E-state index >= 15 is 0 Å². The van der Waals surface area contributed by atoms with Crippen molar-refractivity contribution in [2.75, 3.05) is 0 Å². The minimum atomic E-state index is -1.60. The van der Waals surface area contributed by atoms with E-state index in [4.69, 9.17) is 10.2 Å². The fraction of sp³-hybridized carbons (Fsp3) is 0.800. The van der Waals surface area contributed by atoms with Gasteiger partial charge in [0, 0.05) is 0 Å². The van der Waals surface area contributed by atoms with Gasteiger partial charge in [-0.05, 0) is 25.7 Å². The molecule has 1 aliphatic rings. The molecule has 0 aliphatic heterocycles. The van der Waals surface area contributed by atoms with Crippen molar-refractivity contribution in [1.29, 1.82) is 0 Å². The third-order valence-electron chi connectivity index (χ3n) is 3.31. The van der Waals surface area contributed by atoms with E-state index in [9.17, 15) is 9.59 Å². The molecule has 82 valence electrons. The standard InChI is InChI=1S/C10H16O4.K.H/c1-10(8(11)12,9(13)14)7-5-3-2-4-6-7;;/h7H,2-6H2,1H3,(H,11,12)(H,13,14);;. The van der Waals surface area contributed by atoms with E-state index in [0.29, 0.717) is 0 Å². The summed E-state index contributed by atoms with van der Waals surface area (Å²) in [4.78, 5) is 22.0. The molecule has 1 aliphatic carbocycles. The van der Waals surface area contributed by atoms with Gasteiger partial charge in [0.1, 0.15) is 0 Å². The van der Waals surface area contributed by atoms with Crippen LogP contribution in [-0.2, 0) is 9.59 Å². The zero-order valence-corrected chi connectivity index (χ0v) is 8.32. The summed E-state index contributed by atoms with van der Waals surface area (Å²) in [6.45, 7) is 1.33. The molecule has 0 heterocycles. The summed E-state index contributed by atoms with van der Waals surface area (Å²) in [6, 6.07) is 0. The van der Waals surface area contributed by atoms with Gasteiger partial charge >= 0.3 is 63.3 Å². The van der Waals surface area contributed by atoms with E-state index in [0.717, 1.165) is 32.1 Å². The van der Waals surface area contributed by atoms with Gasteiger partial charge in [-0.25, -0.2) is 0 Å². The van der Waals surface area contributed by atoms with Gasteiger partial charge in [-0.3, -0.25) is 9.59 Å². The third-order valence-corrected chi connectivity index (χ3v) is 3.31. The van der Waals surface area contributed by atoms with Gasteiger partial charge in [-0.15, -0.1) is 0 Å². The Morgan fingerprint density at radius 3 is 1.80 bits per heavy atom. The van der Waals surface area contributed by atoms with E-state index in [2.05, 4.69) is 0 Å². The number of carboxylic acid groups (broad SMARTS) is 2. The molecule has 4 nitrogen and oxygen atoms in total. The van der Waals surface area contributed by atoms with Gasteiger partial charge in [0.15, 0.2) is 5.41 Å². The zero-order chi connectivity index (χ0) is 10.8. The van der Waals surface area contributed by atoms with Crippen molar-refractivity contribution in [3.8, 4) is 0 Å². The predicted octanol–water partition coefficient (Wildman–Crippen LogP) is 1.09. The number of carboxylic acids is 2. The molecule has 2 N–H and O–H groups in total. The van der Waals surface area contributed by atoms with Gasteiger partial charge < -0.3 is 10.2 Å². The van der Waals surface area contributed by atoms with Gasteiger partial charge in [0.05, 0.1) is 0 Å². The predicted molar refractivity (Wildman–Crippen MR) is 57.1 cm³/mol. The molecule has 0 aromatic rings. The summed E-state index contributed by atoms with van der Waals surface area (Å²) >= 11 is 0. The molecule has 0 spiro atoms. The zero-order valence-electron chi connectivity index (χ0n) is 8.32. The topological polar surface area (TPSA) is 74.6 Å². The Labute approximate surface area is 132 Å². The molecule has 1 fully saturated rings. The molecule has 0 atom stereocenters. The van der Waals surface area contributed by atoms with E-state index in [1.807, 2.05) is 0 Å². The van der Waals surface area contributed by atoms with Crippen LogP contribution in [0.5, 0.6) is 0 Å². The molecule has 1 saturated carbocycles. The van der Waals surface area contributed by atoms with Crippen LogP contribution in [0.25, 0.3) is 0 Å². The van der Waals surface area contributed by atoms with Crippen molar-refractivity contribution >= 4 is 63.3 Å². The number of aliphatic carboxylic acids is 2. The second-order valence-electron chi connectivity index (χ2n) is 4.15. The summed E-state index contributed by atoms with van der Waals surface area (Å²) in [7, 11) is 0. The first kappa shape index (κ1) is 15.6. The van der Waals surface area contributed by atoms with Crippen molar-refractivity contribution < 1.29 is 19.8 Å². The Morgan fingerprint density at radius 2 is 1.47 bits per heavy atom. The van der Waals surface area contributed by atoms with Crippen LogP contribution in [0.15, 0.2) is 0 Å². The van der Waals surface area contributed by atoms with Gasteiger partial charge in [-0.1, -0.05) is 19.3 Å². The molecule has 0 amide bonds. The monoisotopic (exact) mass is 240 g/mol. The Bertz CT molecular complexity index is 232. The van der Waals surface area contributed by atoms with E-state index in [-0.39, 0.29) is 57.3 Å². The summed E-state index contributed by atoms with van der Waals surface area (Å²) in [5.41, 5.74) is -1.60. The Kier molecular flexibility index (Phi) is 6.59. The second-order valence-corrected chi connectivity index (χ2v) is 4.15. The van der Waals surface area contributed by atoms with Gasteiger partial charge in [-0.2, -0.15) is 0 Å². The SMILES string of the molecule is CC(C(=O)O)(C(=O)O)C1CCCCC1.[KH]. The van der Waals surface area contributed by atoms with Crippen LogP contribution in [0.2, 0.25) is 0 Å². The molecule has 0 radical (unpaired) electrons. The quantitative estimate of drug-likeness (QED) is 0.572. The molecule has 0 unspecified atom stereocenters. The van der Waals surface area contributed by atoms with Gasteiger partial charge in [0.2, 0.25) is 0 Å². The average Bonchev–Trinajstić information content (AvgIpc) is 2.17. The maximum atomic E-state index is 11.0. The van der Waals surface area contributed by atoms with Crippen molar-refractivity contribution in [3.63, 3.8) is 0 Å². The molecule has 0 bridgehead atoms. The fourth-order valence-corrected chi connectivity index (χ4v) is 2.12. The van der Waals surface area contributed by atoms with E-state index < -0.39 is 17.4 Å².